The standard InChI is InChI=1S/C21H25N3O4S/c1-14(2)12-13-28-18-7-5-4-6-17(18)20(26)22-21(29)24-23-19(25)15-8-10-16(27-3)11-9-15/h4-11,14H,12-13H2,1-3H3,(H,23,25)(H2,22,24,26,29). The number of carbonyl (C=O) groups excluding carboxylic acids is 2. The van der Waals surface area contributed by atoms with Crippen molar-refractivity contribution in [2.75, 3.05) is 13.7 Å². The lowest BCUT2D eigenvalue weighted by Gasteiger charge is -2.14. The molecule has 0 heterocycles. The highest BCUT2D eigenvalue weighted by atomic mass is 32.1. The van der Waals surface area contributed by atoms with Crippen LogP contribution in [0, 0.1) is 5.92 Å². The second-order valence-corrected chi connectivity index (χ2v) is 7.03. The monoisotopic (exact) mass is 415 g/mol. The summed E-state index contributed by atoms with van der Waals surface area (Å²) in [6, 6.07) is 13.5. The van der Waals surface area contributed by atoms with Crippen LogP contribution in [-0.4, -0.2) is 30.6 Å². The van der Waals surface area contributed by atoms with Gasteiger partial charge in [-0.25, -0.2) is 0 Å². The first-order chi connectivity index (χ1) is 13.9. The van der Waals surface area contributed by atoms with E-state index in [9.17, 15) is 9.59 Å². The molecule has 0 aliphatic rings. The highest BCUT2D eigenvalue weighted by molar-refractivity contribution is 7.80. The first kappa shape index (κ1) is 22.2. The molecule has 3 N–H and O–H groups in total. The molecule has 0 bridgehead atoms. The lowest BCUT2D eigenvalue weighted by molar-refractivity contribution is 0.0933. The van der Waals surface area contributed by atoms with Crippen molar-refractivity contribution in [1.29, 1.82) is 0 Å². The minimum Gasteiger partial charge on any atom is -0.497 e. The summed E-state index contributed by atoms with van der Waals surface area (Å²) >= 11 is 5.08. The normalized spacial score (nSPS) is 10.2. The van der Waals surface area contributed by atoms with E-state index >= 15 is 0 Å². The van der Waals surface area contributed by atoms with Crippen LogP contribution in [-0.2, 0) is 0 Å². The molecule has 0 atom stereocenters. The Hall–Kier alpha value is -3.13. The Morgan fingerprint density at radius 2 is 1.69 bits per heavy atom. The maximum Gasteiger partial charge on any atom is 0.269 e. The number of hydrogen-bond acceptors (Lipinski definition) is 5. The van der Waals surface area contributed by atoms with Gasteiger partial charge in [0.1, 0.15) is 11.5 Å². The van der Waals surface area contributed by atoms with Crippen LogP contribution in [0.5, 0.6) is 11.5 Å². The fourth-order valence-corrected chi connectivity index (χ4v) is 2.46. The molecule has 0 aromatic heterocycles. The van der Waals surface area contributed by atoms with Crippen LogP contribution in [0.4, 0.5) is 0 Å². The minimum absolute atomic E-state index is 0.0335. The summed E-state index contributed by atoms with van der Waals surface area (Å²) in [5, 5.41) is 2.49. The molecule has 2 aromatic carbocycles. The first-order valence-electron chi connectivity index (χ1n) is 9.18. The average molecular weight is 416 g/mol. The van der Waals surface area contributed by atoms with Crippen LogP contribution in [0.2, 0.25) is 0 Å². The number of thiocarbonyl (C=S) groups is 1. The molecule has 0 aliphatic carbocycles. The van der Waals surface area contributed by atoms with Gasteiger partial charge < -0.3 is 9.47 Å². The van der Waals surface area contributed by atoms with Crippen molar-refractivity contribution >= 4 is 29.1 Å². The zero-order valence-corrected chi connectivity index (χ0v) is 17.5. The molecule has 0 fully saturated rings. The SMILES string of the molecule is COc1ccc(C(=O)NNC(=S)NC(=O)c2ccccc2OCCC(C)C)cc1. The number of ether oxygens (including phenoxy) is 2. The smallest absolute Gasteiger partial charge is 0.269 e. The van der Waals surface area contributed by atoms with Crippen molar-refractivity contribution in [3.05, 3.63) is 59.7 Å². The third kappa shape index (κ3) is 7.08. The highest BCUT2D eigenvalue weighted by Crippen LogP contribution is 2.18. The molecule has 154 valence electrons. The highest BCUT2D eigenvalue weighted by Gasteiger charge is 2.14. The maximum absolute atomic E-state index is 12.5. The summed E-state index contributed by atoms with van der Waals surface area (Å²) in [5.74, 6) is 0.799. The van der Waals surface area contributed by atoms with Gasteiger partial charge in [0.2, 0.25) is 0 Å². The number of carbonyl (C=O) groups is 2. The third-order valence-electron chi connectivity index (χ3n) is 3.95. The van der Waals surface area contributed by atoms with E-state index in [1.165, 1.54) is 0 Å². The summed E-state index contributed by atoms with van der Waals surface area (Å²) in [6.45, 7) is 4.72. The minimum atomic E-state index is -0.429. The molecule has 0 aliphatic heterocycles. The van der Waals surface area contributed by atoms with Gasteiger partial charge in [0.25, 0.3) is 11.8 Å². The first-order valence-corrected chi connectivity index (χ1v) is 9.59. The fourth-order valence-electron chi connectivity index (χ4n) is 2.31. The van der Waals surface area contributed by atoms with E-state index < -0.39 is 11.8 Å². The summed E-state index contributed by atoms with van der Waals surface area (Å²) < 4.78 is 10.8. The Balaban J connectivity index is 1.88. The van der Waals surface area contributed by atoms with Gasteiger partial charge in [0.15, 0.2) is 5.11 Å². The second-order valence-electron chi connectivity index (χ2n) is 6.62. The number of hydrazine groups is 1. The van der Waals surface area contributed by atoms with Crippen LogP contribution in [0.1, 0.15) is 41.0 Å². The average Bonchev–Trinajstić information content (AvgIpc) is 2.72. The molecule has 0 saturated heterocycles. The number of amides is 2. The van der Waals surface area contributed by atoms with Crippen LogP contribution < -0.4 is 25.6 Å². The van der Waals surface area contributed by atoms with Crippen LogP contribution in [0.25, 0.3) is 0 Å². The quantitative estimate of drug-likeness (QED) is 0.476. The lowest BCUT2D eigenvalue weighted by Crippen LogP contribution is -2.48. The zero-order valence-electron chi connectivity index (χ0n) is 16.7. The van der Waals surface area contributed by atoms with Crippen molar-refractivity contribution in [3.63, 3.8) is 0 Å². The summed E-state index contributed by atoms with van der Waals surface area (Å²) in [4.78, 5) is 24.6. The Morgan fingerprint density at radius 1 is 1.00 bits per heavy atom. The van der Waals surface area contributed by atoms with E-state index in [0.29, 0.717) is 35.2 Å². The number of nitrogens with one attached hydrogen (secondary N) is 3. The second kappa shape index (κ2) is 11.0. The van der Waals surface area contributed by atoms with Gasteiger partial charge in [0, 0.05) is 5.56 Å². The number of para-hydroxylation sites is 1. The summed E-state index contributed by atoms with van der Waals surface area (Å²) in [6.07, 6.45) is 0.882. The predicted octanol–water partition coefficient (Wildman–Crippen LogP) is 3.07. The Kier molecular flexibility index (Phi) is 8.42. The van der Waals surface area contributed by atoms with Gasteiger partial charge in [-0.2, -0.15) is 0 Å². The topological polar surface area (TPSA) is 88.7 Å². The Bertz CT molecular complexity index is 853. The molecule has 2 amide bonds. The Morgan fingerprint density at radius 3 is 2.34 bits per heavy atom. The Labute approximate surface area is 175 Å². The van der Waals surface area contributed by atoms with E-state index in [1.807, 2.05) is 0 Å². The molecule has 0 saturated carbocycles. The molecule has 0 spiro atoms. The summed E-state index contributed by atoms with van der Waals surface area (Å²) in [5.41, 5.74) is 5.73. The molecule has 2 aromatic rings. The molecule has 8 heteroatoms. The van der Waals surface area contributed by atoms with Crippen molar-refractivity contribution in [2.45, 2.75) is 20.3 Å². The largest absolute Gasteiger partial charge is 0.497 e. The van der Waals surface area contributed by atoms with E-state index in [2.05, 4.69) is 30.0 Å². The van der Waals surface area contributed by atoms with Gasteiger partial charge in [0.05, 0.1) is 19.3 Å². The van der Waals surface area contributed by atoms with Crippen LogP contribution >= 0.6 is 12.2 Å². The van der Waals surface area contributed by atoms with Gasteiger partial charge in [-0.15, -0.1) is 0 Å². The number of hydrogen-bond donors (Lipinski definition) is 3. The number of methoxy groups -OCH3 is 1. The molecule has 0 radical (unpaired) electrons. The van der Waals surface area contributed by atoms with Crippen LogP contribution in [0.3, 0.4) is 0 Å². The van der Waals surface area contributed by atoms with Crippen molar-refractivity contribution in [3.8, 4) is 11.5 Å². The van der Waals surface area contributed by atoms with E-state index in [-0.39, 0.29) is 5.11 Å². The van der Waals surface area contributed by atoms with Gasteiger partial charge in [-0.05, 0) is 61.0 Å². The molecule has 2 rings (SSSR count). The van der Waals surface area contributed by atoms with Crippen molar-refractivity contribution < 1.29 is 19.1 Å². The molecule has 7 nitrogen and oxygen atoms in total. The van der Waals surface area contributed by atoms with Crippen molar-refractivity contribution in [1.82, 2.24) is 16.2 Å². The predicted molar refractivity (Wildman–Crippen MR) is 115 cm³/mol. The molecule has 0 unspecified atom stereocenters. The third-order valence-corrected chi connectivity index (χ3v) is 4.16. The lowest BCUT2D eigenvalue weighted by atomic mass is 10.1. The van der Waals surface area contributed by atoms with Crippen LogP contribution in [0.15, 0.2) is 48.5 Å². The fraction of sp³-hybridized carbons (Fsp3) is 0.286. The molecular formula is C21H25N3O4S. The van der Waals surface area contributed by atoms with Gasteiger partial charge >= 0.3 is 0 Å². The summed E-state index contributed by atoms with van der Waals surface area (Å²) in [7, 11) is 1.55. The van der Waals surface area contributed by atoms with Crippen molar-refractivity contribution in [2.24, 2.45) is 5.92 Å². The van der Waals surface area contributed by atoms with E-state index in [0.717, 1.165) is 6.42 Å². The zero-order chi connectivity index (χ0) is 21.2. The van der Waals surface area contributed by atoms with Gasteiger partial charge in [-0.3, -0.25) is 25.8 Å². The van der Waals surface area contributed by atoms with E-state index in [4.69, 9.17) is 21.7 Å². The number of rotatable bonds is 7. The van der Waals surface area contributed by atoms with Gasteiger partial charge in [-0.1, -0.05) is 26.0 Å². The molecule has 29 heavy (non-hydrogen) atoms. The maximum atomic E-state index is 12.5. The van der Waals surface area contributed by atoms with E-state index in [1.54, 1.807) is 55.6 Å². The number of benzene rings is 2. The molecular weight excluding hydrogens is 390 g/mol.